The molecule has 0 bridgehead atoms. The predicted molar refractivity (Wildman–Crippen MR) is 111 cm³/mol. The first-order valence-corrected chi connectivity index (χ1v) is 10.1. The molecule has 2 heterocycles. The summed E-state index contributed by atoms with van der Waals surface area (Å²) in [6.45, 7) is 4.16. The van der Waals surface area contributed by atoms with Crippen molar-refractivity contribution in [1.82, 2.24) is 20.0 Å². The first-order chi connectivity index (χ1) is 14.8. The molecule has 1 saturated heterocycles. The van der Waals surface area contributed by atoms with Gasteiger partial charge < -0.3 is 5.32 Å². The maximum atomic E-state index is 12.9. The maximum Gasteiger partial charge on any atom is 0.416 e. The highest BCUT2D eigenvalue weighted by atomic mass is 19.4. The van der Waals surface area contributed by atoms with Crippen molar-refractivity contribution in [3.63, 3.8) is 0 Å². The Labute approximate surface area is 178 Å². The van der Waals surface area contributed by atoms with Gasteiger partial charge in [-0.05, 0) is 43.7 Å². The van der Waals surface area contributed by atoms with Crippen molar-refractivity contribution in [2.75, 3.05) is 13.1 Å². The number of nitrogens with one attached hydrogen (secondary N) is 1. The predicted octanol–water partition coefficient (Wildman–Crippen LogP) is 4.20. The number of hydrogen-bond donors (Lipinski definition) is 1. The van der Waals surface area contributed by atoms with Crippen LogP contribution < -0.4 is 5.32 Å². The van der Waals surface area contributed by atoms with Gasteiger partial charge in [-0.3, -0.25) is 9.69 Å². The molecule has 4 rings (SSSR count). The molecule has 1 atom stereocenters. The van der Waals surface area contributed by atoms with Gasteiger partial charge in [-0.2, -0.15) is 18.3 Å². The minimum atomic E-state index is -4.47. The van der Waals surface area contributed by atoms with E-state index in [9.17, 15) is 18.0 Å². The fourth-order valence-corrected chi connectivity index (χ4v) is 3.87. The Hall–Kier alpha value is -3.13. The molecule has 0 saturated carbocycles. The van der Waals surface area contributed by atoms with Gasteiger partial charge in [-0.1, -0.05) is 24.3 Å². The van der Waals surface area contributed by atoms with E-state index in [-0.39, 0.29) is 11.6 Å². The summed E-state index contributed by atoms with van der Waals surface area (Å²) >= 11 is 0. The van der Waals surface area contributed by atoms with Crippen LogP contribution in [0.5, 0.6) is 0 Å². The molecule has 2 aromatic carbocycles. The Morgan fingerprint density at radius 1 is 1.16 bits per heavy atom. The third kappa shape index (κ3) is 4.80. The lowest BCUT2D eigenvalue weighted by molar-refractivity contribution is -0.137. The normalized spacial score (nSPS) is 17.1. The zero-order valence-corrected chi connectivity index (χ0v) is 17.1. The third-order valence-corrected chi connectivity index (χ3v) is 5.57. The molecule has 1 amide bonds. The second-order valence-electron chi connectivity index (χ2n) is 7.78. The van der Waals surface area contributed by atoms with E-state index in [1.165, 1.54) is 12.1 Å². The lowest BCUT2D eigenvalue weighted by atomic mass is 10.1. The van der Waals surface area contributed by atoms with Gasteiger partial charge in [0.15, 0.2) is 0 Å². The topological polar surface area (TPSA) is 50.2 Å². The number of amides is 1. The van der Waals surface area contributed by atoms with Crippen LogP contribution in [0.3, 0.4) is 0 Å². The van der Waals surface area contributed by atoms with Crippen LogP contribution in [0.15, 0.2) is 60.8 Å². The largest absolute Gasteiger partial charge is 0.416 e. The number of likely N-dealkylation sites (tertiary alicyclic amines) is 1. The molecule has 0 aliphatic carbocycles. The van der Waals surface area contributed by atoms with E-state index in [2.05, 4.69) is 15.3 Å². The molecule has 162 valence electrons. The van der Waals surface area contributed by atoms with Crippen LogP contribution in [-0.2, 0) is 12.7 Å². The summed E-state index contributed by atoms with van der Waals surface area (Å²) in [6.07, 6.45) is -1.87. The number of benzene rings is 2. The van der Waals surface area contributed by atoms with Crippen LogP contribution >= 0.6 is 0 Å². The summed E-state index contributed by atoms with van der Waals surface area (Å²) in [7, 11) is 0. The zero-order valence-electron chi connectivity index (χ0n) is 17.1. The molecule has 0 spiro atoms. The number of carbonyl (C=O) groups excluding carboxylic acids is 1. The molecule has 1 aromatic heterocycles. The van der Waals surface area contributed by atoms with Gasteiger partial charge in [0.2, 0.25) is 0 Å². The van der Waals surface area contributed by atoms with E-state index in [1.807, 2.05) is 48.1 Å². The SMILES string of the molecule is Cc1c(CN2CC[C@@H](NC(=O)c3cccc(C(F)(F)F)c3)C2)cnn1-c1ccccc1. The highest BCUT2D eigenvalue weighted by Gasteiger charge is 2.31. The van der Waals surface area contributed by atoms with Gasteiger partial charge >= 0.3 is 6.18 Å². The quantitative estimate of drug-likeness (QED) is 0.663. The van der Waals surface area contributed by atoms with Gasteiger partial charge in [0.05, 0.1) is 17.4 Å². The summed E-state index contributed by atoms with van der Waals surface area (Å²) in [4.78, 5) is 14.7. The van der Waals surface area contributed by atoms with Crippen LogP contribution in [0.2, 0.25) is 0 Å². The monoisotopic (exact) mass is 428 g/mol. The van der Waals surface area contributed by atoms with Crippen LogP contribution in [0.4, 0.5) is 13.2 Å². The molecule has 8 heteroatoms. The fraction of sp³-hybridized carbons (Fsp3) is 0.304. The molecule has 3 aromatic rings. The molecule has 1 aliphatic heterocycles. The van der Waals surface area contributed by atoms with Gasteiger partial charge in [-0.15, -0.1) is 0 Å². The first kappa shape index (κ1) is 21.1. The number of aromatic nitrogens is 2. The lowest BCUT2D eigenvalue weighted by Gasteiger charge is -2.17. The Balaban J connectivity index is 1.36. The van der Waals surface area contributed by atoms with Crippen LogP contribution in [-0.4, -0.2) is 39.7 Å². The van der Waals surface area contributed by atoms with Gasteiger partial charge in [0, 0.05) is 42.5 Å². The van der Waals surface area contributed by atoms with Crippen molar-refractivity contribution >= 4 is 5.91 Å². The Kier molecular flexibility index (Phi) is 5.82. The van der Waals surface area contributed by atoms with Crippen LogP contribution in [0, 0.1) is 6.92 Å². The Morgan fingerprint density at radius 3 is 2.68 bits per heavy atom. The van der Waals surface area contributed by atoms with E-state index in [4.69, 9.17) is 0 Å². The summed E-state index contributed by atoms with van der Waals surface area (Å²) in [5.74, 6) is -0.481. The zero-order chi connectivity index (χ0) is 22.0. The molecule has 31 heavy (non-hydrogen) atoms. The third-order valence-electron chi connectivity index (χ3n) is 5.57. The number of alkyl halides is 3. The van der Waals surface area contributed by atoms with Crippen molar-refractivity contribution in [3.05, 3.63) is 83.2 Å². The van der Waals surface area contributed by atoms with Crippen LogP contribution in [0.1, 0.15) is 33.6 Å². The molecule has 5 nitrogen and oxygen atoms in total. The van der Waals surface area contributed by atoms with Gasteiger partial charge in [-0.25, -0.2) is 4.68 Å². The smallest absolute Gasteiger partial charge is 0.348 e. The standard InChI is InChI=1S/C23H23F3N4O/c1-16-18(13-27-30(16)21-8-3-2-4-9-21)14-29-11-10-20(15-29)28-22(31)17-6-5-7-19(12-17)23(24,25)26/h2-9,12-13,20H,10-11,14-15H2,1H3,(H,28,31)/t20-/m1/s1. The molecule has 0 radical (unpaired) electrons. The highest BCUT2D eigenvalue weighted by molar-refractivity contribution is 5.94. The lowest BCUT2D eigenvalue weighted by Crippen LogP contribution is -2.37. The highest BCUT2D eigenvalue weighted by Crippen LogP contribution is 2.29. The molecule has 1 N–H and O–H groups in total. The van der Waals surface area contributed by atoms with E-state index in [1.54, 1.807) is 0 Å². The van der Waals surface area contributed by atoms with Crippen molar-refractivity contribution in [2.24, 2.45) is 0 Å². The van der Waals surface area contributed by atoms with Gasteiger partial charge in [0.1, 0.15) is 0 Å². The first-order valence-electron chi connectivity index (χ1n) is 10.1. The van der Waals surface area contributed by atoms with E-state index in [0.717, 1.165) is 42.0 Å². The van der Waals surface area contributed by atoms with E-state index >= 15 is 0 Å². The number of carbonyl (C=O) groups is 1. The number of hydrogen-bond acceptors (Lipinski definition) is 3. The fourth-order valence-electron chi connectivity index (χ4n) is 3.87. The average Bonchev–Trinajstić information content (AvgIpc) is 3.35. The number of halogens is 3. The summed E-state index contributed by atoms with van der Waals surface area (Å²) in [5.41, 5.74) is 2.36. The molecule has 1 aliphatic rings. The number of para-hydroxylation sites is 1. The summed E-state index contributed by atoms with van der Waals surface area (Å²) < 4.78 is 40.6. The van der Waals surface area contributed by atoms with Gasteiger partial charge in [0.25, 0.3) is 5.91 Å². The molecular weight excluding hydrogens is 405 g/mol. The number of rotatable bonds is 5. The van der Waals surface area contributed by atoms with E-state index in [0.29, 0.717) is 13.1 Å². The van der Waals surface area contributed by atoms with Crippen molar-refractivity contribution < 1.29 is 18.0 Å². The average molecular weight is 428 g/mol. The molecule has 1 fully saturated rings. The van der Waals surface area contributed by atoms with E-state index < -0.39 is 17.6 Å². The second-order valence-corrected chi connectivity index (χ2v) is 7.78. The molecule has 0 unspecified atom stereocenters. The minimum absolute atomic E-state index is 0.0215. The summed E-state index contributed by atoms with van der Waals surface area (Å²) in [5, 5.41) is 7.36. The minimum Gasteiger partial charge on any atom is -0.348 e. The number of nitrogens with zero attached hydrogens (tertiary/aromatic N) is 3. The van der Waals surface area contributed by atoms with Crippen molar-refractivity contribution in [2.45, 2.75) is 32.1 Å². The van der Waals surface area contributed by atoms with Crippen molar-refractivity contribution in [3.8, 4) is 5.69 Å². The Morgan fingerprint density at radius 2 is 1.94 bits per heavy atom. The van der Waals surface area contributed by atoms with Crippen LogP contribution in [0.25, 0.3) is 5.69 Å². The summed E-state index contributed by atoms with van der Waals surface area (Å²) in [6, 6.07) is 14.3. The second kappa shape index (κ2) is 8.55. The molecular formula is C23H23F3N4O. The van der Waals surface area contributed by atoms with Crippen molar-refractivity contribution in [1.29, 1.82) is 0 Å². The maximum absolute atomic E-state index is 12.9. The Bertz CT molecular complexity index is 1060.